The minimum absolute atomic E-state index is 0.232. The number of carbonyl (C=O) groups excluding carboxylic acids is 1. The summed E-state index contributed by atoms with van der Waals surface area (Å²) in [4.78, 5) is 19.0. The van der Waals surface area contributed by atoms with Gasteiger partial charge in [0.1, 0.15) is 11.6 Å². The number of methoxy groups -OCH3 is 1. The monoisotopic (exact) mass is 323 g/mol. The molecule has 5 heteroatoms. The maximum absolute atomic E-state index is 12.9. The number of aryl methyl sites for hydroxylation is 1. The molecule has 5 nitrogen and oxygen atoms in total. The number of urea groups is 1. The van der Waals surface area contributed by atoms with Crippen LogP contribution in [0.2, 0.25) is 0 Å². The SMILES string of the molecule is COc1ccccc1N(C(=O)Nc1ccc(C)cc1)C1=NCCC1. The first kappa shape index (κ1) is 16.1. The molecule has 3 rings (SSSR count). The van der Waals surface area contributed by atoms with Gasteiger partial charge >= 0.3 is 6.03 Å². The van der Waals surface area contributed by atoms with Crippen LogP contribution in [-0.4, -0.2) is 25.5 Å². The molecule has 1 aliphatic heterocycles. The van der Waals surface area contributed by atoms with Crippen LogP contribution in [0.5, 0.6) is 5.75 Å². The van der Waals surface area contributed by atoms with Gasteiger partial charge in [0.2, 0.25) is 0 Å². The molecule has 1 heterocycles. The molecular formula is C19H21N3O2. The third-order valence-corrected chi connectivity index (χ3v) is 3.94. The summed E-state index contributed by atoms with van der Waals surface area (Å²) >= 11 is 0. The van der Waals surface area contributed by atoms with Gasteiger partial charge in [0, 0.05) is 18.7 Å². The Bertz CT molecular complexity index is 753. The van der Waals surface area contributed by atoms with E-state index < -0.39 is 0 Å². The van der Waals surface area contributed by atoms with Gasteiger partial charge in [0.05, 0.1) is 12.8 Å². The fraction of sp³-hybridized carbons (Fsp3) is 0.263. The van der Waals surface area contributed by atoms with E-state index in [4.69, 9.17) is 4.74 Å². The van der Waals surface area contributed by atoms with Crippen molar-refractivity contribution >= 4 is 23.2 Å². The summed E-state index contributed by atoms with van der Waals surface area (Å²) in [5.74, 6) is 1.41. The van der Waals surface area contributed by atoms with Gasteiger partial charge in [-0.1, -0.05) is 29.8 Å². The van der Waals surface area contributed by atoms with Crippen molar-refractivity contribution in [3.63, 3.8) is 0 Å². The number of rotatable bonds is 3. The quantitative estimate of drug-likeness (QED) is 0.919. The number of anilines is 2. The van der Waals surface area contributed by atoms with Crippen molar-refractivity contribution in [2.75, 3.05) is 23.9 Å². The third kappa shape index (κ3) is 3.40. The number of carbonyl (C=O) groups is 1. The van der Waals surface area contributed by atoms with Crippen LogP contribution in [-0.2, 0) is 0 Å². The molecule has 24 heavy (non-hydrogen) atoms. The highest BCUT2D eigenvalue weighted by Gasteiger charge is 2.26. The normalized spacial score (nSPS) is 13.3. The molecule has 0 aliphatic carbocycles. The Morgan fingerprint density at radius 3 is 2.58 bits per heavy atom. The molecule has 2 amide bonds. The summed E-state index contributed by atoms with van der Waals surface area (Å²) in [6, 6.07) is 15.0. The van der Waals surface area contributed by atoms with Gasteiger partial charge in [-0.25, -0.2) is 9.69 Å². The summed E-state index contributed by atoms with van der Waals surface area (Å²) in [5, 5.41) is 2.95. The zero-order valence-corrected chi connectivity index (χ0v) is 14.0. The third-order valence-electron chi connectivity index (χ3n) is 3.94. The molecule has 1 aliphatic rings. The Hall–Kier alpha value is -2.82. The van der Waals surface area contributed by atoms with Crippen molar-refractivity contribution in [1.82, 2.24) is 0 Å². The van der Waals surface area contributed by atoms with E-state index in [9.17, 15) is 4.79 Å². The molecule has 2 aromatic rings. The average molecular weight is 323 g/mol. The Balaban J connectivity index is 1.92. The lowest BCUT2D eigenvalue weighted by atomic mass is 10.2. The minimum Gasteiger partial charge on any atom is -0.495 e. The Morgan fingerprint density at radius 2 is 1.92 bits per heavy atom. The van der Waals surface area contributed by atoms with Crippen molar-refractivity contribution < 1.29 is 9.53 Å². The number of nitrogens with zero attached hydrogens (tertiary/aromatic N) is 2. The summed E-state index contributed by atoms with van der Waals surface area (Å²) in [5.41, 5.74) is 2.60. The van der Waals surface area contributed by atoms with Crippen LogP contribution in [0.1, 0.15) is 18.4 Å². The van der Waals surface area contributed by atoms with Gasteiger partial charge in [-0.15, -0.1) is 0 Å². The summed E-state index contributed by atoms with van der Waals surface area (Å²) in [6.45, 7) is 2.76. The first-order chi connectivity index (χ1) is 11.7. The van der Waals surface area contributed by atoms with E-state index in [0.717, 1.165) is 36.5 Å². The van der Waals surface area contributed by atoms with Gasteiger partial charge in [-0.2, -0.15) is 0 Å². The van der Waals surface area contributed by atoms with Crippen LogP contribution in [0.4, 0.5) is 16.2 Å². The van der Waals surface area contributed by atoms with E-state index in [1.807, 2.05) is 55.5 Å². The van der Waals surface area contributed by atoms with Crippen molar-refractivity contribution in [3.8, 4) is 5.75 Å². The van der Waals surface area contributed by atoms with Crippen LogP contribution in [0.15, 0.2) is 53.5 Å². The number of hydrogen-bond acceptors (Lipinski definition) is 3. The Labute approximate surface area is 142 Å². The van der Waals surface area contributed by atoms with Crippen molar-refractivity contribution in [1.29, 1.82) is 0 Å². The van der Waals surface area contributed by atoms with Gasteiger partial charge in [-0.3, -0.25) is 4.99 Å². The van der Waals surface area contributed by atoms with Crippen LogP contribution in [0.3, 0.4) is 0 Å². The summed E-state index contributed by atoms with van der Waals surface area (Å²) in [7, 11) is 1.60. The Morgan fingerprint density at radius 1 is 1.17 bits per heavy atom. The van der Waals surface area contributed by atoms with Crippen LogP contribution < -0.4 is 15.0 Å². The molecule has 0 fully saturated rings. The highest BCUT2D eigenvalue weighted by atomic mass is 16.5. The molecular weight excluding hydrogens is 302 g/mol. The van der Waals surface area contributed by atoms with Crippen LogP contribution in [0.25, 0.3) is 0 Å². The number of benzene rings is 2. The first-order valence-electron chi connectivity index (χ1n) is 8.03. The van der Waals surface area contributed by atoms with E-state index in [2.05, 4.69) is 10.3 Å². The van der Waals surface area contributed by atoms with Crippen molar-refractivity contribution in [2.24, 2.45) is 4.99 Å². The number of aliphatic imine (C=N–C) groups is 1. The van der Waals surface area contributed by atoms with Crippen molar-refractivity contribution in [2.45, 2.75) is 19.8 Å². The van der Waals surface area contributed by atoms with Crippen LogP contribution >= 0.6 is 0 Å². The standard InChI is InChI=1S/C19H21N3O2/c1-14-9-11-15(12-10-14)21-19(23)22(18-8-5-13-20-18)16-6-3-4-7-17(16)24-2/h3-4,6-7,9-12H,5,8,13H2,1-2H3,(H,21,23). The highest BCUT2D eigenvalue weighted by Crippen LogP contribution is 2.30. The highest BCUT2D eigenvalue weighted by molar-refractivity contribution is 6.21. The largest absolute Gasteiger partial charge is 0.495 e. The number of ether oxygens (including phenoxy) is 1. The zero-order valence-electron chi connectivity index (χ0n) is 14.0. The van der Waals surface area contributed by atoms with Gasteiger partial charge < -0.3 is 10.1 Å². The lowest BCUT2D eigenvalue weighted by Crippen LogP contribution is -2.39. The molecule has 0 unspecified atom stereocenters. The minimum atomic E-state index is -0.232. The molecule has 124 valence electrons. The summed E-state index contributed by atoms with van der Waals surface area (Å²) < 4.78 is 5.43. The molecule has 1 N–H and O–H groups in total. The average Bonchev–Trinajstić information content (AvgIpc) is 3.12. The molecule has 0 spiro atoms. The van der Waals surface area contributed by atoms with E-state index in [-0.39, 0.29) is 6.03 Å². The van der Waals surface area contributed by atoms with Crippen molar-refractivity contribution in [3.05, 3.63) is 54.1 Å². The molecule has 0 saturated carbocycles. The van der Waals surface area contributed by atoms with Gasteiger partial charge in [0.25, 0.3) is 0 Å². The molecule has 0 aromatic heterocycles. The predicted molar refractivity (Wildman–Crippen MR) is 97.2 cm³/mol. The molecule has 0 saturated heterocycles. The Kier molecular flexibility index (Phi) is 4.79. The molecule has 0 bridgehead atoms. The zero-order chi connectivity index (χ0) is 16.9. The lowest BCUT2D eigenvalue weighted by Gasteiger charge is -2.24. The first-order valence-corrected chi connectivity index (χ1v) is 8.03. The topological polar surface area (TPSA) is 53.9 Å². The van der Waals surface area contributed by atoms with Gasteiger partial charge in [-0.05, 0) is 37.6 Å². The number of amidine groups is 1. The second-order valence-electron chi connectivity index (χ2n) is 5.70. The molecule has 0 atom stereocenters. The molecule has 0 radical (unpaired) electrons. The number of para-hydroxylation sites is 2. The molecule has 2 aromatic carbocycles. The summed E-state index contributed by atoms with van der Waals surface area (Å²) in [6.07, 6.45) is 1.73. The maximum atomic E-state index is 12.9. The fourth-order valence-corrected chi connectivity index (χ4v) is 2.70. The van der Waals surface area contributed by atoms with E-state index in [0.29, 0.717) is 11.4 Å². The van der Waals surface area contributed by atoms with Crippen LogP contribution in [0, 0.1) is 6.92 Å². The maximum Gasteiger partial charge on any atom is 0.332 e. The predicted octanol–water partition coefficient (Wildman–Crippen LogP) is 4.23. The second kappa shape index (κ2) is 7.17. The number of nitrogens with one attached hydrogen (secondary N) is 1. The van der Waals surface area contributed by atoms with E-state index in [1.165, 1.54) is 0 Å². The fourth-order valence-electron chi connectivity index (χ4n) is 2.70. The van der Waals surface area contributed by atoms with Gasteiger partial charge in [0.15, 0.2) is 0 Å². The van der Waals surface area contributed by atoms with E-state index >= 15 is 0 Å². The second-order valence-corrected chi connectivity index (χ2v) is 5.70. The lowest BCUT2D eigenvalue weighted by molar-refractivity contribution is 0.259. The smallest absolute Gasteiger partial charge is 0.332 e. The number of hydrogen-bond donors (Lipinski definition) is 1. The van der Waals surface area contributed by atoms with E-state index in [1.54, 1.807) is 12.0 Å². The number of amides is 2.